The molecule has 0 bridgehead atoms. The number of rotatable bonds is 7. The van der Waals surface area contributed by atoms with Crippen molar-refractivity contribution >= 4 is 23.9 Å². The molecule has 4 N–H and O–H groups in total. The van der Waals surface area contributed by atoms with E-state index in [0.29, 0.717) is 11.5 Å². The molecular formula is C26H35ClN4O2. The molecule has 3 heterocycles. The number of nitrogens with one attached hydrogen (secondary N) is 4. The van der Waals surface area contributed by atoms with Crippen LogP contribution in [0.3, 0.4) is 0 Å². The van der Waals surface area contributed by atoms with E-state index in [2.05, 4.69) is 52.1 Å². The zero-order chi connectivity index (χ0) is 22.1. The molecule has 2 aliphatic heterocycles. The Balaban J connectivity index is 0.00000259. The number of carbonyl (C=O) groups is 1. The van der Waals surface area contributed by atoms with E-state index in [1.165, 1.54) is 18.4 Å². The van der Waals surface area contributed by atoms with Gasteiger partial charge in [-0.25, -0.2) is 0 Å². The van der Waals surface area contributed by atoms with Gasteiger partial charge in [0, 0.05) is 29.1 Å². The monoisotopic (exact) mass is 470 g/mol. The van der Waals surface area contributed by atoms with Crippen molar-refractivity contribution in [1.29, 1.82) is 0 Å². The second-order valence-electron chi connectivity index (χ2n) is 9.36. The molecule has 1 amide bonds. The Morgan fingerprint density at radius 2 is 1.91 bits per heavy atom. The second kappa shape index (κ2) is 10.2. The summed E-state index contributed by atoms with van der Waals surface area (Å²) in [6.45, 7) is 6.86. The minimum atomic E-state index is -0.0487. The smallest absolute Gasteiger partial charge is 0.255 e. The summed E-state index contributed by atoms with van der Waals surface area (Å²) >= 11 is 0. The quantitative estimate of drug-likeness (QED) is 0.491. The summed E-state index contributed by atoms with van der Waals surface area (Å²) in [6.07, 6.45) is 7.38. The van der Waals surface area contributed by atoms with Crippen molar-refractivity contribution in [1.82, 2.24) is 20.9 Å². The van der Waals surface area contributed by atoms with Crippen molar-refractivity contribution in [3.8, 4) is 5.75 Å². The first-order valence-electron chi connectivity index (χ1n) is 12.1. The van der Waals surface area contributed by atoms with Gasteiger partial charge < -0.3 is 25.7 Å². The van der Waals surface area contributed by atoms with Crippen molar-refractivity contribution < 1.29 is 9.53 Å². The molecule has 5 rings (SSSR count). The minimum absolute atomic E-state index is 0. The molecule has 0 radical (unpaired) electrons. The van der Waals surface area contributed by atoms with E-state index in [1.54, 1.807) is 0 Å². The number of fused-ring (bicyclic) bond motifs is 1. The van der Waals surface area contributed by atoms with E-state index in [9.17, 15) is 4.79 Å². The molecule has 178 valence electrons. The molecule has 3 aliphatic rings. The van der Waals surface area contributed by atoms with Crippen LogP contribution >= 0.6 is 12.4 Å². The van der Waals surface area contributed by atoms with Crippen molar-refractivity contribution in [2.24, 2.45) is 5.92 Å². The summed E-state index contributed by atoms with van der Waals surface area (Å²) in [5, 5.41) is 10.3. The highest BCUT2D eigenvalue weighted by atomic mass is 35.5. The van der Waals surface area contributed by atoms with Crippen LogP contribution in [0.25, 0.3) is 5.57 Å². The number of amides is 1. The molecule has 1 aliphatic carbocycles. The van der Waals surface area contributed by atoms with Crippen LogP contribution in [0.1, 0.15) is 68.0 Å². The predicted octanol–water partition coefficient (Wildman–Crippen LogP) is 4.08. The van der Waals surface area contributed by atoms with Crippen molar-refractivity contribution in [3.05, 3.63) is 58.5 Å². The van der Waals surface area contributed by atoms with Crippen molar-refractivity contribution in [2.45, 2.75) is 58.0 Å². The number of H-pyrrole nitrogens is 1. The molecule has 6 nitrogen and oxygen atoms in total. The van der Waals surface area contributed by atoms with Gasteiger partial charge in [-0.15, -0.1) is 12.4 Å². The van der Waals surface area contributed by atoms with E-state index in [1.807, 2.05) is 13.1 Å². The highest BCUT2D eigenvalue weighted by Gasteiger charge is 2.33. The van der Waals surface area contributed by atoms with Crippen LogP contribution in [0.15, 0.2) is 36.2 Å². The van der Waals surface area contributed by atoms with Crippen molar-refractivity contribution in [2.75, 3.05) is 19.7 Å². The Bertz CT molecular complexity index is 1020. The molecule has 1 unspecified atom stereocenters. The fourth-order valence-corrected chi connectivity index (χ4v) is 4.81. The maximum atomic E-state index is 13.3. The number of carbonyl (C=O) groups excluding carboxylic acids is 1. The van der Waals surface area contributed by atoms with Gasteiger partial charge >= 0.3 is 0 Å². The second-order valence-corrected chi connectivity index (χ2v) is 9.36. The highest BCUT2D eigenvalue weighted by molar-refractivity contribution is 6.20. The number of allylic oxidation sites excluding steroid dienone is 1. The van der Waals surface area contributed by atoms with E-state index in [4.69, 9.17) is 4.74 Å². The Labute approximate surface area is 202 Å². The number of hydrogen-bond acceptors (Lipinski definition) is 4. The van der Waals surface area contributed by atoms with Gasteiger partial charge in [0.05, 0.1) is 23.9 Å². The van der Waals surface area contributed by atoms with Gasteiger partial charge in [0.1, 0.15) is 5.75 Å². The van der Waals surface area contributed by atoms with E-state index in [-0.39, 0.29) is 30.4 Å². The minimum Gasteiger partial charge on any atom is -0.493 e. The Morgan fingerprint density at radius 1 is 1.12 bits per heavy atom. The zero-order valence-corrected chi connectivity index (χ0v) is 20.3. The number of benzene rings is 1. The molecule has 1 saturated heterocycles. The number of aromatic nitrogens is 1. The molecule has 1 atom stereocenters. The largest absolute Gasteiger partial charge is 0.493 e. The predicted molar refractivity (Wildman–Crippen MR) is 134 cm³/mol. The molecule has 33 heavy (non-hydrogen) atoms. The molecule has 1 saturated carbocycles. The molecule has 2 aromatic rings. The van der Waals surface area contributed by atoms with E-state index < -0.39 is 0 Å². The van der Waals surface area contributed by atoms with Gasteiger partial charge in [-0.1, -0.05) is 13.0 Å². The van der Waals surface area contributed by atoms with Crippen LogP contribution < -0.4 is 20.7 Å². The molecule has 1 aromatic heterocycles. The summed E-state index contributed by atoms with van der Waals surface area (Å²) in [7, 11) is 0. The third-order valence-corrected chi connectivity index (χ3v) is 6.94. The van der Waals surface area contributed by atoms with Gasteiger partial charge in [-0.2, -0.15) is 0 Å². The fourth-order valence-electron chi connectivity index (χ4n) is 4.81. The lowest BCUT2D eigenvalue weighted by Gasteiger charge is -2.31. The van der Waals surface area contributed by atoms with Crippen LogP contribution in [-0.4, -0.2) is 36.6 Å². The molecule has 7 heteroatoms. The van der Waals surface area contributed by atoms with Crippen LogP contribution in [0, 0.1) is 5.92 Å². The zero-order valence-electron chi connectivity index (χ0n) is 19.5. The number of ether oxygens (including phenoxy) is 1. The topological polar surface area (TPSA) is 78.2 Å². The SMILES string of the molecule is CCc1ccc(OCC2CC2)c(C2NC(C)=C(C(=O)NC3CCNCC3)c3[nH]ccc32)c1.Cl. The summed E-state index contributed by atoms with van der Waals surface area (Å²) in [5.41, 5.74) is 6.04. The van der Waals surface area contributed by atoms with Crippen LogP contribution in [-0.2, 0) is 11.2 Å². The summed E-state index contributed by atoms with van der Waals surface area (Å²) < 4.78 is 6.26. The van der Waals surface area contributed by atoms with Gasteiger partial charge in [-0.3, -0.25) is 4.79 Å². The van der Waals surface area contributed by atoms with Crippen LogP contribution in [0.2, 0.25) is 0 Å². The normalized spacial score (nSPS) is 20.5. The number of aryl methyl sites for hydroxylation is 1. The average molecular weight is 471 g/mol. The third kappa shape index (κ3) is 5.07. The molecule has 2 fully saturated rings. The number of piperidine rings is 1. The molecule has 1 aromatic carbocycles. The third-order valence-electron chi connectivity index (χ3n) is 6.94. The number of aromatic amines is 1. The number of halogens is 1. The molecule has 0 spiro atoms. The Hall–Kier alpha value is -2.44. The highest BCUT2D eigenvalue weighted by Crippen LogP contribution is 2.40. The van der Waals surface area contributed by atoms with Gasteiger partial charge in [-0.05, 0) is 81.8 Å². The van der Waals surface area contributed by atoms with Gasteiger partial charge in [0.15, 0.2) is 0 Å². The Kier molecular flexibility index (Phi) is 7.35. The van der Waals surface area contributed by atoms with Crippen molar-refractivity contribution in [3.63, 3.8) is 0 Å². The first-order chi connectivity index (χ1) is 15.6. The first-order valence-corrected chi connectivity index (χ1v) is 12.1. The summed E-state index contributed by atoms with van der Waals surface area (Å²) in [5.74, 6) is 1.63. The van der Waals surface area contributed by atoms with E-state index in [0.717, 1.165) is 67.2 Å². The van der Waals surface area contributed by atoms with Gasteiger partial charge in [0.2, 0.25) is 0 Å². The maximum absolute atomic E-state index is 13.3. The lowest BCUT2D eigenvalue weighted by atomic mass is 9.89. The van der Waals surface area contributed by atoms with Crippen LogP contribution in [0.5, 0.6) is 5.75 Å². The standard InChI is InChI=1S/C26H34N4O2.ClH/c1-3-17-6-7-22(32-15-18-4-5-18)21(14-17)24-20-10-13-28-25(20)23(16(2)29-24)26(31)30-19-8-11-27-12-9-19;/h6-7,10,13-14,18-19,24,27-29H,3-5,8-9,11-12,15H2,1-2H3,(H,30,31);1H. The van der Waals surface area contributed by atoms with Gasteiger partial charge in [0.25, 0.3) is 5.91 Å². The molecular weight excluding hydrogens is 436 g/mol. The average Bonchev–Trinajstić information content (AvgIpc) is 3.52. The van der Waals surface area contributed by atoms with E-state index >= 15 is 0 Å². The summed E-state index contributed by atoms with van der Waals surface area (Å²) in [4.78, 5) is 16.6. The van der Waals surface area contributed by atoms with Crippen LogP contribution in [0.4, 0.5) is 0 Å². The maximum Gasteiger partial charge on any atom is 0.255 e. The fraction of sp³-hybridized carbons (Fsp3) is 0.500. The lowest BCUT2D eigenvalue weighted by molar-refractivity contribution is -0.116. The first kappa shape index (κ1) is 23.7. The summed E-state index contributed by atoms with van der Waals surface area (Å²) in [6, 6.07) is 8.79. The number of hydrogen-bond donors (Lipinski definition) is 4. The Morgan fingerprint density at radius 3 is 2.64 bits per heavy atom. The lowest BCUT2D eigenvalue weighted by Crippen LogP contribution is -2.44.